The normalized spacial score (nSPS) is 3.10. The first kappa shape index (κ1) is 184. The van der Waals surface area contributed by atoms with Gasteiger partial charge in [-0.2, -0.15) is 0 Å². The fourth-order valence-corrected chi connectivity index (χ4v) is 0. The Hall–Kier alpha value is 0.816. The van der Waals surface area contributed by atoms with Crippen molar-refractivity contribution in [1.82, 2.24) is 0 Å². The van der Waals surface area contributed by atoms with Crippen molar-refractivity contribution in [2.24, 2.45) is 0 Å². The molecule has 0 aromatic carbocycles. The molecular formula is H9Bi5N4O22. The summed E-state index contributed by atoms with van der Waals surface area (Å²) in [5, 5.41) is 59.0. The van der Waals surface area contributed by atoms with Gasteiger partial charge in [-0.05, 0) is 0 Å². The smallest absolute Gasteiger partial charge is 2.00 e. The Kier molecular flexibility index (Phi) is 990. The van der Waals surface area contributed by atoms with E-state index < -0.39 is 20.3 Å². The summed E-state index contributed by atoms with van der Waals surface area (Å²) in [6.07, 6.45) is 0. The molecule has 31 heteroatoms. The van der Waals surface area contributed by atoms with Gasteiger partial charge >= 0.3 is 131 Å². The molecule has 10 radical (unpaired) electrons. The van der Waals surface area contributed by atoms with Crippen molar-refractivity contribution in [2.45, 2.75) is 0 Å². The summed E-state index contributed by atoms with van der Waals surface area (Å²) in [5.41, 5.74) is 0. The van der Waals surface area contributed by atoms with Crippen molar-refractivity contribution in [3.05, 3.63) is 61.3 Å². The monoisotopic (exact) mass is 1460 g/mol. The molecule has 0 aliphatic heterocycles. The van der Waals surface area contributed by atoms with Crippen LogP contribution in [0.3, 0.4) is 0 Å². The number of rotatable bonds is 0. The third-order valence-electron chi connectivity index (χ3n) is 0. The maximum absolute atomic E-state index is 8.25. The Balaban J connectivity index is -0.00000000314. The third kappa shape index (κ3) is 38500. The molecule has 26 nitrogen and oxygen atoms in total. The molecule has 0 aromatic heterocycles. The molecule has 0 saturated heterocycles. The van der Waals surface area contributed by atoms with Crippen molar-refractivity contribution in [1.29, 1.82) is 0 Å². The first-order chi connectivity index (χ1) is 6.93. The molecule has 31 heavy (non-hydrogen) atoms. The minimum atomic E-state index is -1.75. The van der Waals surface area contributed by atoms with Gasteiger partial charge in [-0.25, -0.2) is 0 Å². The Bertz CT molecular complexity index is 176. The third-order valence-corrected chi connectivity index (χ3v) is 0. The maximum atomic E-state index is 8.25. The van der Waals surface area contributed by atoms with E-state index in [1.807, 2.05) is 0 Å². The second-order valence-corrected chi connectivity index (χ2v) is 0.894. The molecule has 186 valence electrons. The van der Waals surface area contributed by atoms with Crippen LogP contribution in [0.1, 0.15) is 0 Å². The molecule has 0 fully saturated rings. The van der Waals surface area contributed by atoms with Crippen LogP contribution in [0.2, 0.25) is 0 Å². The predicted molar refractivity (Wildman–Crippen MR) is 88.3 cm³/mol. The molecule has 0 aliphatic carbocycles. The van der Waals surface area contributed by atoms with Crippen LogP contribution < -0.4 is 0 Å². The van der Waals surface area contributed by atoms with E-state index in [9.17, 15) is 0 Å². The second kappa shape index (κ2) is 167. The van der Waals surface area contributed by atoms with E-state index in [2.05, 4.69) is 0 Å². The molecule has 0 amide bonds. The Morgan fingerprint density at radius 1 is 0.290 bits per heavy atom. The average molecular weight is 1460 g/mol. The molecule has 9 N–H and O–H groups in total. The van der Waals surface area contributed by atoms with E-state index in [-0.39, 0.29) is 186 Å². The maximum Gasteiger partial charge on any atom is 3.00 e. The van der Waals surface area contributed by atoms with Crippen LogP contribution in [0.4, 0.5) is 0 Å². The summed E-state index contributed by atoms with van der Waals surface area (Å²) in [6.45, 7) is 0. The fraction of sp³-hybridized carbons (Fsp3) is 0. The first-order valence-corrected chi connectivity index (χ1v) is 2.19. The summed E-state index contributed by atoms with van der Waals surface area (Å²) in [5.74, 6) is 0. The molecule has 0 unspecified atom stereocenters. The van der Waals surface area contributed by atoms with Gasteiger partial charge in [-0.1, -0.05) is 0 Å². The molecule has 0 saturated carbocycles. The first-order valence-electron chi connectivity index (χ1n) is 2.19. The van der Waals surface area contributed by atoms with Crippen LogP contribution in [0.5, 0.6) is 0 Å². The van der Waals surface area contributed by atoms with Gasteiger partial charge in [-0.3, -0.25) is 0 Å². The molecule has 0 spiro atoms. The summed E-state index contributed by atoms with van der Waals surface area (Å²) >= 11 is 0. The quantitative estimate of drug-likeness (QED) is 0.125. The van der Waals surface area contributed by atoms with Gasteiger partial charge in [0.2, 0.25) is 0 Å². The van der Waals surface area contributed by atoms with Crippen LogP contribution >= 0.6 is 0 Å². The Morgan fingerprint density at radius 3 is 0.290 bits per heavy atom. The zero-order chi connectivity index (χ0) is 14.3. The van der Waals surface area contributed by atoms with Gasteiger partial charge in [0.05, 0.1) is 20.3 Å². The van der Waals surface area contributed by atoms with Crippen LogP contribution in [0.25, 0.3) is 0 Å². The van der Waals surface area contributed by atoms with E-state index in [0.29, 0.717) is 0 Å². The van der Waals surface area contributed by atoms with Crippen LogP contribution in [-0.4, -0.2) is 201 Å². The number of hydrogen-bond donors (Lipinski definition) is 0. The standard InChI is InChI=1S/5Bi.4NO3.9H2O.O/c;;;;;4*2-1(3)4;;;;;;;;;;/h;;;;;;;;;9*1H2;/q5*+3;4*-1;;;;;;;;;;-2/p-9. The predicted octanol–water partition coefficient (Wildman–Crippen LogP) is -4.57. The van der Waals surface area contributed by atoms with E-state index in [4.69, 9.17) is 61.3 Å². The largest absolute Gasteiger partial charge is 3.00 e. The Morgan fingerprint density at radius 2 is 0.290 bits per heavy atom. The molecular weight excluding hydrogens is 1450 g/mol. The van der Waals surface area contributed by atoms with Gasteiger partial charge in [0.15, 0.2) is 0 Å². The summed E-state index contributed by atoms with van der Waals surface area (Å²) in [4.78, 5) is 33.0. The summed E-state index contributed by atoms with van der Waals surface area (Å²) < 4.78 is 0. The summed E-state index contributed by atoms with van der Waals surface area (Å²) in [7, 11) is 0. The Labute approximate surface area is 264 Å². The van der Waals surface area contributed by atoms with Crippen LogP contribution in [0.15, 0.2) is 0 Å². The second-order valence-electron chi connectivity index (χ2n) is 0.894. The number of hydrogen-bond acceptors (Lipinski definition) is 21. The van der Waals surface area contributed by atoms with E-state index in [1.165, 1.54) is 0 Å². The molecule has 0 aliphatic rings. The van der Waals surface area contributed by atoms with E-state index in [1.54, 1.807) is 0 Å². The molecule has 0 rings (SSSR count). The van der Waals surface area contributed by atoms with Gasteiger partial charge in [0.25, 0.3) is 0 Å². The van der Waals surface area contributed by atoms with Gasteiger partial charge < -0.3 is 116 Å². The van der Waals surface area contributed by atoms with Crippen LogP contribution in [-0.2, 0) is 5.48 Å². The topological polar surface area (TPSA) is 563 Å². The molecule has 0 bridgehead atoms. The van der Waals surface area contributed by atoms with Gasteiger partial charge in [-0.15, -0.1) is 0 Å². The van der Waals surface area contributed by atoms with Crippen LogP contribution in [0, 0.1) is 61.3 Å². The average Bonchev–Trinajstić information content (AvgIpc) is 1.76. The van der Waals surface area contributed by atoms with Gasteiger partial charge in [0, 0.05) is 0 Å². The fourth-order valence-electron chi connectivity index (χ4n) is 0. The van der Waals surface area contributed by atoms with Crippen molar-refractivity contribution < 1.29 is 75.1 Å². The molecule has 0 heterocycles. The molecule has 0 aromatic rings. The van der Waals surface area contributed by atoms with E-state index in [0.717, 1.165) is 0 Å². The zero-order valence-corrected chi connectivity index (χ0v) is 30.7. The van der Waals surface area contributed by atoms with E-state index >= 15 is 0 Å². The number of nitrogens with zero attached hydrogens (tertiary/aromatic N) is 4. The summed E-state index contributed by atoms with van der Waals surface area (Å²) in [6, 6.07) is 0. The molecule has 0 atom stereocenters. The minimum Gasteiger partial charge on any atom is -2.00 e. The minimum absolute atomic E-state index is 0. The SMILES string of the molecule is O=[N+]([O-])[O-].O=[N+]([O-])[O-].O=[N+]([O-])[O-].O=[N+]([O-])[O-].[Bi+3].[Bi+3].[Bi+3].[Bi+3].[Bi+3].[O-2].[OH-].[OH-].[OH-].[OH-].[OH-].[OH-].[OH-].[OH-].[OH-]. The van der Waals surface area contributed by atoms with Crippen molar-refractivity contribution in [2.75, 3.05) is 0 Å². The van der Waals surface area contributed by atoms with Crippen molar-refractivity contribution in [3.8, 4) is 0 Å². The van der Waals surface area contributed by atoms with Crippen molar-refractivity contribution >= 4 is 131 Å². The van der Waals surface area contributed by atoms with Gasteiger partial charge in [0.1, 0.15) is 0 Å². The zero-order valence-electron chi connectivity index (χ0n) is 13.4. The van der Waals surface area contributed by atoms with Crippen molar-refractivity contribution in [3.63, 3.8) is 0 Å².